The molecule has 7 heteroatoms. The summed E-state index contributed by atoms with van der Waals surface area (Å²) in [5, 5.41) is 5.64. The van der Waals surface area contributed by atoms with E-state index in [9.17, 15) is 4.79 Å². The predicted octanol–water partition coefficient (Wildman–Crippen LogP) is 8.89. The number of carbonyl (C=O) groups is 1. The zero-order chi connectivity index (χ0) is 26.9. The third-order valence-corrected chi connectivity index (χ3v) is 9.89. The number of allylic oxidation sites excluding steroid dienone is 1. The molecule has 0 unspecified atom stereocenters. The van der Waals surface area contributed by atoms with Crippen molar-refractivity contribution in [2.75, 3.05) is 17.6 Å². The van der Waals surface area contributed by atoms with E-state index in [1.807, 2.05) is 56.8 Å². The molecule has 0 saturated heterocycles. The summed E-state index contributed by atoms with van der Waals surface area (Å²) in [6.45, 7) is 7.97. The normalized spacial score (nSPS) is 13.8. The zero-order valence-electron chi connectivity index (χ0n) is 22.6. The Morgan fingerprint density at radius 1 is 1.16 bits per heavy atom. The van der Waals surface area contributed by atoms with Crippen molar-refractivity contribution in [1.82, 2.24) is 9.88 Å². The first-order chi connectivity index (χ1) is 18.5. The summed E-state index contributed by atoms with van der Waals surface area (Å²) in [4.78, 5) is 20.2. The van der Waals surface area contributed by atoms with Gasteiger partial charge in [-0.2, -0.15) is 0 Å². The highest BCUT2D eigenvalue weighted by atomic mass is 35.5. The van der Waals surface area contributed by atoms with Crippen LogP contribution in [0.1, 0.15) is 63.3 Å². The number of nitrogens with one attached hydrogen (secondary N) is 1. The number of aryl methyl sites for hydroxylation is 1. The van der Waals surface area contributed by atoms with Crippen LogP contribution in [0, 0.1) is 5.92 Å². The zero-order valence-corrected chi connectivity index (χ0v) is 25.0. The van der Waals surface area contributed by atoms with E-state index >= 15 is 0 Å². The fraction of sp³-hybridized carbons (Fsp3) is 0.419. The number of fused-ring (bicyclic) bond motifs is 2. The lowest BCUT2D eigenvalue weighted by molar-refractivity contribution is -0.116. The van der Waals surface area contributed by atoms with Crippen molar-refractivity contribution in [3.63, 3.8) is 0 Å². The molecule has 0 radical (unpaired) electrons. The molecule has 0 aliphatic heterocycles. The number of amides is 1. The van der Waals surface area contributed by atoms with Crippen LogP contribution in [0.4, 0.5) is 5.69 Å². The fourth-order valence-electron chi connectivity index (χ4n) is 4.76. The number of halogens is 1. The van der Waals surface area contributed by atoms with E-state index in [2.05, 4.69) is 44.3 Å². The number of pyridine rings is 1. The number of aromatic nitrogens is 1. The van der Waals surface area contributed by atoms with Gasteiger partial charge in [0.25, 0.3) is 0 Å². The Morgan fingerprint density at radius 3 is 2.71 bits per heavy atom. The number of rotatable bonds is 13. The van der Waals surface area contributed by atoms with Gasteiger partial charge >= 0.3 is 0 Å². The predicted molar refractivity (Wildman–Crippen MR) is 167 cm³/mol. The second kappa shape index (κ2) is 14.3. The molecule has 3 aromatic rings. The van der Waals surface area contributed by atoms with Gasteiger partial charge in [-0.05, 0) is 80.7 Å². The Hall–Kier alpha value is -2.15. The molecule has 1 heterocycles. The van der Waals surface area contributed by atoms with Gasteiger partial charge in [0.1, 0.15) is 0 Å². The Morgan fingerprint density at radius 2 is 1.95 bits per heavy atom. The lowest BCUT2D eigenvalue weighted by atomic mass is 9.92. The monoisotopic (exact) mass is 567 g/mol. The maximum Gasteiger partial charge on any atom is 0.214 e. The van der Waals surface area contributed by atoms with Crippen molar-refractivity contribution in [3.05, 3.63) is 81.0 Å². The van der Waals surface area contributed by atoms with Gasteiger partial charge in [-0.1, -0.05) is 77.4 Å². The molecule has 1 amide bonds. The molecule has 2 aromatic carbocycles. The van der Waals surface area contributed by atoms with Crippen molar-refractivity contribution < 1.29 is 4.79 Å². The Kier molecular flexibility index (Phi) is 10.9. The van der Waals surface area contributed by atoms with Gasteiger partial charge in [-0.3, -0.25) is 9.78 Å². The average molecular weight is 568 g/mol. The van der Waals surface area contributed by atoms with E-state index in [1.54, 1.807) is 0 Å². The fourth-order valence-corrected chi connectivity index (χ4v) is 7.72. The highest BCUT2D eigenvalue weighted by Gasteiger charge is 2.19. The molecule has 1 aliphatic carbocycles. The Balaban J connectivity index is 1.55. The van der Waals surface area contributed by atoms with E-state index in [4.69, 9.17) is 16.6 Å². The number of carbonyl (C=O) groups excluding carboxylic acids is 1. The third kappa shape index (κ3) is 7.71. The van der Waals surface area contributed by atoms with E-state index in [-0.39, 0.29) is 0 Å². The molecule has 0 saturated carbocycles. The van der Waals surface area contributed by atoms with Crippen molar-refractivity contribution in [2.24, 2.45) is 5.92 Å². The number of anilines is 1. The van der Waals surface area contributed by atoms with Crippen LogP contribution in [-0.4, -0.2) is 28.6 Å². The molecule has 0 atom stereocenters. The van der Waals surface area contributed by atoms with Gasteiger partial charge in [-0.25, -0.2) is 0 Å². The van der Waals surface area contributed by atoms with Crippen LogP contribution in [0.3, 0.4) is 0 Å². The molecular weight excluding hydrogens is 530 g/mol. The highest BCUT2D eigenvalue weighted by molar-refractivity contribution is 8.78. The van der Waals surface area contributed by atoms with E-state index in [0.717, 1.165) is 65.2 Å². The van der Waals surface area contributed by atoms with Crippen molar-refractivity contribution in [2.45, 2.75) is 65.8 Å². The summed E-state index contributed by atoms with van der Waals surface area (Å²) in [5.41, 5.74) is 6.87. The minimum Gasteiger partial charge on any atom is -0.384 e. The first-order valence-electron chi connectivity index (χ1n) is 13.6. The van der Waals surface area contributed by atoms with E-state index < -0.39 is 0 Å². The minimum atomic E-state index is 0.577. The number of nitrogens with zero attached hydrogens (tertiary/aromatic N) is 2. The molecule has 38 heavy (non-hydrogen) atoms. The molecule has 4 nitrogen and oxygen atoms in total. The average Bonchev–Trinajstić information content (AvgIpc) is 2.92. The molecule has 1 aliphatic rings. The smallest absolute Gasteiger partial charge is 0.214 e. The number of hydrogen-bond acceptors (Lipinski definition) is 5. The molecule has 0 fully saturated rings. The van der Waals surface area contributed by atoms with Crippen LogP contribution in [0.5, 0.6) is 0 Å². The van der Waals surface area contributed by atoms with Gasteiger partial charge in [0.2, 0.25) is 6.41 Å². The summed E-state index contributed by atoms with van der Waals surface area (Å²) < 4.78 is 0. The largest absolute Gasteiger partial charge is 0.384 e. The van der Waals surface area contributed by atoms with Gasteiger partial charge in [-0.15, -0.1) is 0 Å². The molecule has 1 N–H and O–H groups in total. The SMILES string of the molecule is C/C(=C(/CCNc1c2c(nc3cc(Cl)ccc13)CCCC2)SSCCC(C)C)N(C=O)Cc1ccccc1. The van der Waals surface area contributed by atoms with Gasteiger partial charge < -0.3 is 10.2 Å². The second-order valence-corrected chi connectivity index (χ2v) is 13.2. The summed E-state index contributed by atoms with van der Waals surface area (Å²) in [6.07, 6.45) is 7.45. The van der Waals surface area contributed by atoms with Gasteiger partial charge in [0, 0.05) is 44.7 Å². The van der Waals surface area contributed by atoms with Crippen molar-refractivity contribution in [3.8, 4) is 0 Å². The van der Waals surface area contributed by atoms with Crippen molar-refractivity contribution in [1.29, 1.82) is 0 Å². The summed E-state index contributed by atoms with van der Waals surface area (Å²) in [6, 6.07) is 16.2. The van der Waals surface area contributed by atoms with Crippen LogP contribution >= 0.6 is 33.2 Å². The van der Waals surface area contributed by atoms with Crippen LogP contribution in [-0.2, 0) is 24.2 Å². The number of hydrogen-bond donors (Lipinski definition) is 1. The summed E-state index contributed by atoms with van der Waals surface area (Å²) >= 11 is 6.31. The second-order valence-electron chi connectivity index (χ2n) is 10.3. The van der Waals surface area contributed by atoms with E-state index in [1.165, 1.54) is 41.1 Å². The summed E-state index contributed by atoms with van der Waals surface area (Å²) in [5.74, 6) is 1.78. The molecule has 4 rings (SSSR count). The topological polar surface area (TPSA) is 45.2 Å². The first-order valence-corrected chi connectivity index (χ1v) is 16.3. The van der Waals surface area contributed by atoms with E-state index in [0.29, 0.717) is 12.5 Å². The summed E-state index contributed by atoms with van der Waals surface area (Å²) in [7, 11) is 3.71. The van der Waals surface area contributed by atoms with Crippen LogP contribution in [0.2, 0.25) is 5.02 Å². The maximum absolute atomic E-state index is 12.1. The molecule has 0 bridgehead atoms. The van der Waals surface area contributed by atoms with Gasteiger partial charge in [0.15, 0.2) is 0 Å². The lowest BCUT2D eigenvalue weighted by Crippen LogP contribution is -2.21. The van der Waals surface area contributed by atoms with Crippen LogP contribution in [0.15, 0.2) is 59.1 Å². The molecular formula is C31H38ClN3OS2. The minimum absolute atomic E-state index is 0.577. The maximum atomic E-state index is 12.1. The van der Waals surface area contributed by atoms with Crippen LogP contribution in [0.25, 0.3) is 10.9 Å². The molecule has 202 valence electrons. The van der Waals surface area contributed by atoms with Gasteiger partial charge in [0.05, 0.1) is 12.1 Å². The standard InChI is InChI=1S/C31H38ClN3OS2/c1-22(2)16-18-37-38-30(23(3)35(21-36)20-24-9-5-4-6-10-24)15-17-33-31-26-11-7-8-12-28(26)34-29-19-25(32)13-14-27(29)31/h4-6,9-10,13-14,19,21-22H,7-8,11-12,15-18,20H2,1-3H3,(H,33,34)/b30-23+. The quantitative estimate of drug-likeness (QED) is 0.127. The number of benzene rings is 2. The third-order valence-electron chi connectivity index (χ3n) is 6.97. The first kappa shape index (κ1) is 28.8. The van der Waals surface area contributed by atoms with Crippen LogP contribution < -0.4 is 5.32 Å². The Bertz CT molecular complexity index is 1260. The molecule has 1 aromatic heterocycles. The molecule has 0 spiro atoms. The Labute approximate surface area is 240 Å². The van der Waals surface area contributed by atoms with Crippen molar-refractivity contribution >= 4 is 56.2 Å². The lowest BCUT2D eigenvalue weighted by Gasteiger charge is -2.24. The highest BCUT2D eigenvalue weighted by Crippen LogP contribution is 2.38.